The van der Waals surface area contributed by atoms with Crippen LogP contribution in [0.25, 0.3) is 0 Å². The van der Waals surface area contributed by atoms with Gasteiger partial charge in [-0.15, -0.1) is 0 Å². The van der Waals surface area contributed by atoms with Crippen molar-refractivity contribution in [3.8, 4) is 0 Å². The summed E-state index contributed by atoms with van der Waals surface area (Å²) < 4.78 is 6.19. The Hall–Kier alpha value is -1.40. The number of ether oxygens (including phenoxy) is 1. The SMILES string of the molecule is CC(C)(C)OC(=O)N1C(=O)CC(O)C1Cc1cccc(Br)c1. The first kappa shape index (κ1) is 17.0. The number of carbonyl (C=O) groups is 2. The monoisotopic (exact) mass is 369 g/mol. The Labute approximate surface area is 138 Å². The molecule has 0 aromatic heterocycles. The average Bonchev–Trinajstić information content (AvgIpc) is 2.62. The van der Waals surface area contributed by atoms with Gasteiger partial charge in [-0.3, -0.25) is 4.79 Å². The number of imide groups is 1. The van der Waals surface area contributed by atoms with Gasteiger partial charge in [0.1, 0.15) is 5.60 Å². The number of aliphatic hydroxyl groups excluding tert-OH is 1. The normalized spacial score (nSPS) is 22.0. The Morgan fingerprint density at radius 3 is 2.73 bits per heavy atom. The molecule has 5 nitrogen and oxygen atoms in total. The highest BCUT2D eigenvalue weighted by Crippen LogP contribution is 2.26. The molecule has 0 saturated carbocycles. The van der Waals surface area contributed by atoms with Crippen LogP contribution in [0.15, 0.2) is 28.7 Å². The molecule has 1 N–H and O–H groups in total. The first-order valence-corrected chi connectivity index (χ1v) is 7.94. The molecule has 1 aliphatic heterocycles. The predicted octanol–water partition coefficient (Wildman–Crippen LogP) is 2.89. The molecular weight excluding hydrogens is 350 g/mol. The lowest BCUT2D eigenvalue weighted by atomic mass is 10.0. The van der Waals surface area contributed by atoms with Crippen LogP contribution in [0, 0.1) is 0 Å². The van der Waals surface area contributed by atoms with Gasteiger partial charge in [0.05, 0.1) is 18.6 Å². The lowest BCUT2D eigenvalue weighted by molar-refractivity contribution is -0.128. The molecule has 2 rings (SSSR count). The zero-order valence-electron chi connectivity index (χ0n) is 12.9. The second kappa shape index (κ2) is 6.38. The quantitative estimate of drug-likeness (QED) is 0.870. The first-order valence-electron chi connectivity index (χ1n) is 7.15. The van der Waals surface area contributed by atoms with Gasteiger partial charge in [0.15, 0.2) is 0 Å². The molecule has 0 spiro atoms. The minimum Gasteiger partial charge on any atom is -0.443 e. The molecule has 0 bridgehead atoms. The molecule has 22 heavy (non-hydrogen) atoms. The van der Waals surface area contributed by atoms with Crippen molar-refractivity contribution in [3.05, 3.63) is 34.3 Å². The van der Waals surface area contributed by atoms with Crippen molar-refractivity contribution in [1.29, 1.82) is 0 Å². The molecule has 120 valence electrons. The van der Waals surface area contributed by atoms with Crippen molar-refractivity contribution in [1.82, 2.24) is 4.90 Å². The number of rotatable bonds is 2. The van der Waals surface area contributed by atoms with Gasteiger partial charge in [0.25, 0.3) is 0 Å². The summed E-state index contributed by atoms with van der Waals surface area (Å²) in [6.07, 6.45) is -1.24. The van der Waals surface area contributed by atoms with Gasteiger partial charge in [-0.1, -0.05) is 28.1 Å². The van der Waals surface area contributed by atoms with Gasteiger partial charge in [-0.25, -0.2) is 9.69 Å². The molecule has 2 atom stereocenters. The summed E-state index contributed by atoms with van der Waals surface area (Å²) in [5, 5.41) is 10.1. The third kappa shape index (κ3) is 4.08. The summed E-state index contributed by atoms with van der Waals surface area (Å²) in [6, 6.07) is 6.97. The summed E-state index contributed by atoms with van der Waals surface area (Å²) in [6.45, 7) is 5.22. The van der Waals surface area contributed by atoms with E-state index < -0.39 is 29.7 Å². The minimum absolute atomic E-state index is 0.0576. The number of likely N-dealkylation sites (tertiary alicyclic amines) is 1. The van der Waals surface area contributed by atoms with Gasteiger partial charge >= 0.3 is 6.09 Å². The Kier molecular flexibility index (Phi) is 4.92. The summed E-state index contributed by atoms with van der Waals surface area (Å²) in [4.78, 5) is 25.3. The van der Waals surface area contributed by atoms with Crippen LogP contribution in [-0.4, -0.2) is 39.8 Å². The van der Waals surface area contributed by atoms with E-state index in [4.69, 9.17) is 4.74 Å². The molecule has 2 unspecified atom stereocenters. The van der Waals surface area contributed by atoms with Crippen molar-refractivity contribution >= 4 is 27.9 Å². The van der Waals surface area contributed by atoms with Gasteiger partial charge in [-0.05, 0) is 44.9 Å². The lowest BCUT2D eigenvalue weighted by Gasteiger charge is -2.28. The molecular formula is C16H20BrNO4. The van der Waals surface area contributed by atoms with E-state index in [0.29, 0.717) is 6.42 Å². The maximum absolute atomic E-state index is 12.2. The van der Waals surface area contributed by atoms with Crippen LogP contribution in [0.1, 0.15) is 32.8 Å². The van der Waals surface area contributed by atoms with Crippen LogP contribution < -0.4 is 0 Å². The van der Waals surface area contributed by atoms with Crippen molar-refractivity contribution < 1.29 is 19.4 Å². The summed E-state index contributed by atoms with van der Waals surface area (Å²) >= 11 is 3.39. The summed E-state index contributed by atoms with van der Waals surface area (Å²) in [7, 11) is 0. The van der Waals surface area contributed by atoms with E-state index in [2.05, 4.69) is 15.9 Å². The molecule has 6 heteroatoms. The first-order chi connectivity index (χ1) is 10.2. The van der Waals surface area contributed by atoms with Crippen LogP contribution >= 0.6 is 15.9 Å². The minimum atomic E-state index is -0.876. The van der Waals surface area contributed by atoms with Gasteiger partial charge in [-0.2, -0.15) is 0 Å². The number of amides is 2. The van der Waals surface area contributed by atoms with Crippen LogP contribution in [0.3, 0.4) is 0 Å². The maximum atomic E-state index is 12.2. The van der Waals surface area contributed by atoms with Crippen LogP contribution in [0.5, 0.6) is 0 Å². The zero-order chi connectivity index (χ0) is 16.5. The number of benzene rings is 1. The summed E-state index contributed by atoms with van der Waals surface area (Å²) in [5.41, 5.74) is 0.243. The van der Waals surface area contributed by atoms with Crippen molar-refractivity contribution in [2.45, 2.75) is 51.4 Å². The van der Waals surface area contributed by atoms with Crippen molar-refractivity contribution in [3.63, 3.8) is 0 Å². The smallest absolute Gasteiger partial charge is 0.417 e. The number of hydrogen-bond acceptors (Lipinski definition) is 4. The molecule has 0 aliphatic carbocycles. The molecule has 1 aliphatic rings. The largest absolute Gasteiger partial charge is 0.443 e. The van der Waals surface area contributed by atoms with E-state index in [1.165, 1.54) is 0 Å². The predicted molar refractivity (Wildman–Crippen MR) is 85.3 cm³/mol. The highest BCUT2D eigenvalue weighted by atomic mass is 79.9. The molecule has 1 heterocycles. The third-order valence-electron chi connectivity index (χ3n) is 3.35. The number of carbonyl (C=O) groups excluding carboxylic acids is 2. The topological polar surface area (TPSA) is 66.8 Å². The average molecular weight is 370 g/mol. The maximum Gasteiger partial charge on any atom is 0.417 e. The zero-order valence-corrected chi connectivity index (χ0v) is 14.5. The Morgan fingerprint density at radius 2 is 2.14 bits per heavy atom. The van der Waals surface area contributed by atoms with E-state index >= 15 is 0 Å². The fourth-order valence-electron chi connectivity index (χ4n) is 2.45. The van der Waals surface area contributed by atoms with E-state index in [9.17, 15) is 14.7 Å². The second-order valence-electron chi connectivity index (χ2n) is 6.42. The van der Waals surface area contributed by atoms with Gasteiger partial charge < -0.3 is 9.84 Å². The molecule has 1 aromatic carbocycles. The number of halogens is 1. The Balaban J connectivity index is 2.19. The van der Waals surface area contributed by atoms with E-state index in [-0.39, 0.29) is 6.42 Å². The Morgan fingerprint density at radius 1 is 1.45 bits per heavy atom. The number of aliphatic hydroxyl groups is 1. The highest BCUT2D eigenvalue weighted by molar-refractivity contribution is 9.10. The summed E-state index contributed by atoms with van der Waals surface area (Å²) in [5.74, 6) is -0.401. The van der Waals surface area contributed by atoms with E-state index in [1.54, 1.807) is 20.8 Å². The number of hydrogen-bond donors (Lipinski definition) is 1. The third-order valence-corrected chi connectivity index (χ3v) is 3.85. The molecule has 2 amide bonds. The second-order valence-corrected chi connectivity index (χ2v) is 7.33. The van der Waals surface area contributed by atoms with Crippen LogP contribution in [-0.2, 0) is 16.0 Å². The molecule has 1 aromatic rings. The lowest BCUT2D eigenvalue weighted by Crippen LogP contribution is -2.45. The number of nitrogens with zero attached hydrogens (tertiary/aromatic N) is 1. The van der Waals surface area contributed by atoms with Gasteiger partial charge in [0.2, 0.25) is 5.91 Å². The fourth-order valence-corrected chi connectivity index (χ4v) is 2.90. The van der Waals surface area contributed by atoms with E-state index in [1.807, 2.05) is 24.3 Å². The standard InChI is InChI=1S/C16H20BrNO4/c1-16(2,3)22-15(21)18-12(13(19)9-14(18)20)8-10-5-4-6-11(17)7-10/h4-7,12-13,19H,8-9H2,1-3H3. The molecule has 1 saturated heterocycles. The van der Waals surface area contributed by atoms with Crippen LogP contribution in [0.2, 0.25) is 0 Å². The van der Waals surface area contributed by atoms with Crippen LogP contribution in [0.4, 0.5) is 4.79 Å². The molecule has 0 radical (unpaired) electrons. The molecule has 1 fully saturated rings. The highest BCUT2D eigenvalue weighted by Gasteiger charge is 2.44. The Bertz CT molecular complexity index is 582. The van der Waals surface area contributed by atoms with E-state index in [0.717, 1.165) is 14.9 Å². The van der Waals surface area contributed by atoms with Crippen molar-refractivity contribution in [2.24, 2.45) is 0 Å². The fraction of sp³-hybridized carbons (Fsp3) is 0.500. The van der Waals surface area contributed by atoms with Crippen molar-refractivity contribution in [2.75, 3.05) is 0 Å². The van der Waals surface area contributed by atoms with Gasteiger partial charge in [0, 0.05) is 4.47 Å².